The molecule has 0 aliphatic carbocycles. The molecule has 0 saturated carbocycles. The van der Waals surface area contributed by atoms with Gasteiger partial charge in [0.2, 0.25) is 0 Å². The minimum Gasteiger partial charge on any atom is -0.487 e. The van der Waals surface area contributed by atoms with Crippen molar-refractivity contribution in [1.29, 1.82) is 0 Å². The molecule has 0 radical (unpaired) electrons. The molecule has 0 bridgehead atoms. The average Bonchev–Trinajstić information content (AvgIpc) is 2.18. The number of rotatable bonds is 0. The highest BCUT2D eigenvalue weighted by atomic mass is 16.5. The Hall–Kier alpha value is -1.31. The van der Waals surface area contributed by atoms with Crippen molar-refractivity contribution in [3.63, 3.8) is 0 Å². The Labute approximate surface area is 97.6 Å². The first-order valence-corrected chi connectivity index (χ1v) is 5.81. The molecule has 0 aromatic heterocycles. The summed E-state index contributed by atoms with van der Waals surface area (Å²) in [4.78, 5) is 11.7. The predicted octanol–water partition coefficient (Wildman–Crippen LogP) is 3.77. The van der Waals surface area contributed by atoms with Gasteiger partial charge in [0.05, 0.1) is 12.0 Å². The summed E-state index contributed by atoms with van der Waals surface area (Å²) in [7, 11) is 0. The van der Waals surface area contributed by atoms with E-state index in [2.05, 4.69) is 0 Å². The van der Waals surface area contributed by atoms with Crippen LogP contribution in [0.5, 0.6) is 5.75 Å². The van der Waals surface area contributed by atoms with Gasteiger partial charge in [0.15, 0.2) is 5.78 Å². The van der Waals surface area contributed by atoms with Crippen molar-refractivity contribution < 1.29 is 9.53 Å². The molecule has 0 amide bonds. The van der Waals surface area contributed by atoms with Gasteiger partial charge in [0, 0.05) is 0 Å². The summed E-state index contributed by atoms with van der Waals surface area (Å²) in [6.45, 7) is 9.88. The summed E-state index contributed by atoms with van der Waals surface area (Å²) >= 11 is 0. The highest BCUT2D eigenvalue weighted by molar-refractivity contribution is 6.00. The van der Waals surface area contributed by atoms with Gasteiger partial charge in [-0.25, -0.2) is 0 Å². The largest absolute Gasteiger partial charge is 0.487 e. The lowest BCUT2D eigenvalue weighted by molar-refractivity contribution is 0.0620. The van der Waals surface area contributed by atoms with Crippen LogP contribution in [0.15, 0.2) is 18.2 Å². The number of benzene rings is 1. The molecule has 0 N–H and O–H groups in total. The molecule has 1 aromatic carbocycles. The van der Waals surface area contributed by atoms with Gasteiger partial charge in [0.1, 0.15) is 11.4 Å². The molecule has 0 saturated heterocycles. The van der Waals surface area contributed by atoms with E-state index in [0.29, 0.717) is 6.42 Å². The van der Waals surface area contributed by atoms with Crippen molar-refractivity contribution in [2.24, 2.45) is 0 Å². The van der Waals surface area contributed by atoms with E-state index < -0.39 is 0 Å². The number of Topliss-reactive ketones (excluding diaryl/α,β-unsaturated/α-hetero) is 1. The molecule has 16 heavy (non-hydrogen) atoms. The van der Waals surface area contributed by atoms with E-state index in [0.717, 1.165) is 16.9 Å². The Bertz CT molecular complexity index is 392. The predicted molar refractivity (Wildman–Crippen MR) is 66.2 cm³/mol. The van der Waals surface area contributed by atoms with Crippen LogP contribution in [-0.4, -0.2) is 11.4 Å². The van der Waals surface area contributed by atoms with Gasteiger partial charge in [0.25, 0.3) is 0 Å². The summed E-state index contributed by atoms with van der Waals surface area (Å²) in [5, 5.41) is 0. The zero-order valence-corrected chi connectivity index (χ0v) is 10.8. The molecule has 2 nitrogen and oxygen atoms in total. The van der Waals surface area contributed by atoms with Crippen LogP contribution in [0.1, 0.15) is 50.0 Å². The summed E-state index contributed by atoms with van der Waals surface area (Å²) in [6.07, 6.45) is 0.461. The normalized spacial score (nSPS) is 16.7. The van der Waals surface area contributed by atoms with Gasteiger partial charge in [-0.3, -0.25) is 4.79 Å². The Morgan fingerprint density at radius 1 is 1.25 bits per heavy atom. The van der Waals surface area contributed by atoms with Gasteiger partial charge in [-0.1, -0.05) is 19.9 Å². The van der Waals surface area contributed by atoms with Crippen molar-refractivity contribution in [3.05, 3.63) is 29.3 Å². The Morgan fingerprint density at radius 2 is 1.88 bits per heavy atom. The lowest BCUT2D eigenvalue weighted by Gasteiger charge is -2.31. The number of ether oxygens (including phenoxy) is 1. The molecule has 0 atom stereocenters. The number of ketones is 1. The Balaban J connectivity index is 0.000000606. The first-order valence-electron chi connectivity index (χ1n) is 5.81. The first kappa shape index (κ1) is 12.8. The zero-order valence-electron chi connectivity index (χ0n) is 10.8. The molecular weight excluding hydrogens is 200 g/mol. The molecule has 0 unspecified atom stereocenters. The Kier molecular flexibility index (Phi) is 3.74. The van der Waals surface area contributed by atoms with Crippen LogP contribution in [0, 0.1) is 6.92 Å². The molecule has 2 rings (SSSR count). The van der Waals surface area contributed by atoms with Crippen LogP contribution in [0.2, 0.25) is 0 Å². The lowest BCUT2D eigenvalue weighted by Crippen LogP contribution is -2.35. The van der Waals surface area contributed by atoms with E-state index in [-0.39, 0.29) is 11.4 Å². The third-order valence-electron chi connectivity index (χ3n) is 2.41. The van der Waals surface area contributed by atoms with E-state index in [1.165, 1.54) is 0 Å². The number of hydrogen-bond donors (Lipinski definition) is 0. The second-order valence-corrected chi connectivity index (χ2v) is 4.46. The molecule has 1 aromatic rings. The summed E-state index contributed by atoms with van der Waals surface area (Å²) in [6, 6.07) is 5.72. The quantitative estimate of drug-likeness (QED) is 0.665. The fourth-order valence-electron chi connectivity index (χ4n) is 1.76. The van der Waals surface area contributed by atoms with Gasteiger partial charge in [-0.15, -0.1) is 0 Å². The van der Waals surface area contributed by atoms with E-state index >= 15 is 0 Å². The fraction of sp³-hybridized carbons (Fsp3) is 0.500. The third kappa shape index (κ3) is 2.63. The maximum atomic E-state index is 11.7. The van der Waals surface area contributed by atoms with Crippen LogP contribution in [0.4, 0.5) is 0 Å². The molecule has 1 aliphatic heterocycles. The highest BCUT2D eigenvalue weighted by Crippen LogP contribution is 2.33. The monoisotopic (exact) mass is 220 g/mol. The van der Waals surface area contributed by atoms with E-state index in [9.17, 15) is 4.79 Å². The van der Waals surface area contributed by atoms with Gasteiger partial charge in [-0.2, -0.15) is 0 Å². The minimum absolute atomic E-state index is 0.177. The molecule has 0 spiro atoms. The maximum Gasteiger partial charge on any atom is 0.170 e. The van der Waals surface area contributed by atoms with E-state index in [1.807, 2.05) is 52.8 Å². The van der Waals surface area contributed by atoms with Crippen LogP contribution < -0.4 is 4.74 Å². The fourth-order valence-corrected chi connectivity index (χ4v) is 1.76. The van der Waals surface area contributed by atoms with E-state index in [1.54, 1.807) is 0 Å². The second kappa shape index (κ2) is 4.69. The second-order valence-electron chi connectivity index (χ2n) is 4.46. The van der Waals surface area contributed by atoms with Crippen LogP contribution in [0.3, 0.4) is 0 Å². The van der Waals surface area contributed by atoms with Crippen molar-refractivity contribution in [1.82, 2.24) is 0 Å². The minimum atomic E-state index is -0.363. The van der Waals surface area contributed by atoms with Crippen LogP contribution >= 0.6 is 0 Å². The van der Waals surface area contributed by atoms with Gasteiger partial charge >= 0.3 is 0 Å². The summed E-state index contributed by atoms with van der Waals surface area (Å²) in [5.41, 5.74) is 1.47. The average molecular weight is 220 g/mol. The van der Waals surface area contributed by atoms with Crippen LogP contribution in [0.25, 0.3) is 0 Å². The van der Waals surface area contributed by atoms with Gasteiger partial charge < -0.3 is 4.74 Å². The third-order valence-corrected chi connectivity index (χ3v) is 2.41. The highest BCUT2D eigenvalue weighted by Gasteiger charge is 2.32. The summed E-state index contributed by atoms with van der Waals surface area (Å²) < 4.78 is 5.75. The number of hydrogen-bond acceptors (Lipinski definition) is 2. The summed E-state index contributed by atoms with van der Waals surface area (Å²) in [5.74, 6) is 0.905. The zero-order chi connectivity index (χ0) is 12.3. The first-order chi connectivity index (χ1) is 7.48. The Morgan fingerprint density at radius 3 is 2.50 bits per heavy atom. The number of carbonyl (C=O) groups is 1. The van der Waals surface area contributed by atoms with E-state index in [4.69, 9.17) is 4.74 Å². The molecule has 2 heteroatoms. The number of fused-ring (bicyclic) bond motifs is 1. The molecular formula is C14H20O2. The van der Waals surface area contributed by atoms with Crippen molar-refractivity contribution >= 4 is 5.78 Å². The van der Waals surface area contributed by atoms with Gasteiger partial charge in [-0.05, 0) is 38.5 Å². The lowest BCUT2D eigenvalue weighted by atomic mass is 9.92. The smallest absolute Gasteiger partial charge is 0.170 e. The van der Waals surface area contributed by atoms with Crippen molar-refractivity contribution in [3.8, 4) is 5.75 Å². The number of aryl methyl sites for hydroxylation is 1. The number of carbonyl (C=O) groups excluding carboxylic acids is 1. The van der Waals surface area contributed by atoms with Crippen LogP contribution in [-0.2, 0) is 0 Å². The molecule has 0 fully saturated rings. The molecule has 88 valence electrons. The molecule has 1 heterocycles. The van der Waals surface area contributed by atoms with Crippen molar-refractivity contribution in [2.45, 2.75) is 46.6 Å². The van der Waals surface area contributed by atoms with Crippen molar-refractivity contribution in [2.75, 3.05) is 0 Å². The standard InChI is InChI=1S/C12H14O2.C2H6/c1-8-4-5-9-10(13)7-12(2,3)14-11(9)6-8;1-2/h4-6H,7H2,1-3H3;1-2H3. The molecule has 1 aliphatic rings. The maximum absolute atomic E-state index is 11.7. The topological polar surface area (TPSA) is 26.3 Å². The SMILES string of the molecule is CC.Cc1ccc2c(c1)OC(C)(C)CC2=O.